The van der Waals surface area contributed by atoms with Gasteiger partial charge >= 0.3 is 0 Å². The first-order valence-electron chi connectivity index (χ1n) is 8.78. The van der Waals surface area contributed by atoms with Gasteiger partial charge in [0, 0.05) is 43.5 Å². The largest absolute Gasteiger partial charge is 0.494 e. The Hall–Kier alpha value is -2.64. The molecule has 0 radical (unpaired) electrons. The molecule has 0 bridgehead atoms. The van der Waals surface area contributed by atoms with Gasteiger partial charge in [0.25, 0.3) is 5.56 Å². The Balaban J connectivity index is 1.81. The van der Waals surface area contributed by atoms with E-state index in [4.69, 9.17) is 9.47 Å². The Morgan fingerprint density at radius 3 is 3.00 bits per heavy atom. The maximum absolute atomic E-state index is 12.7. The molecule has 0 unspecified atom stereocenters. The minimum atomic E-state index is -0.158. The number of H-pyrrole nitrogens is 1. The summed E-state index contributed by atoms with van der Waals surface area (Å²) in [5.41, 5.74) is 1.16. The van der Waals surface area contributed by atoms with Crippen LogP contribution in [0.5, 0.6) is 5.75 Å². The van der Waals surface area contributed by atoms with E-state index in [0.29, 0.717) is 18.0 Å². The van der Waals surface area contributed by atoms with E-state index in [-0.39, 0.29) is 17.7 Å². The summed E-state index contributed by atoms with van der Waals surface area (Å²) in [6.07, 6.45) is 3.67. The summed E-state index contributed by atoms with van der Waals surface area (Å²) in [5.74, 6) is 1.42. The first kappa shape index (κ1) is 16.8. The quantitative estimate of drug-likeness (QED) is 0.732. The molecule has 0 aliphatic carbocycles. The fraction of sp³-hybridized carbons (Fsp3) is 0.368. The second-order valence-electron chi connectivity index (χ2n) is 6.35. The molecule has 3 aromatic rings. The van der Waals surface area contributed by atoms with E-state index in [0.717, 1.165) is 29.7 Å². The van der Waals surface area contributed by atoms with Crippen molar-refractivity contribution in [1.82, 2.24) is 19.9 Å². The van der Waals surface area contributed by atoms with Crippen molar-refractivity contribution in [3.8, 4) is 17.1 Å². The normalized spacial score (nSPS) is 19.9. The van der Waals surface area contributed by atoms with Gasteiger partial charge in [0.1, 0.15) is 11.6 Å². The molecule has 7 heteroatoms. The van der Waals surface area contributed by atoms with Gasteiger partial charge in [-0.2, -0.15) is 0 Å². The van der Waals surface area contributed by atoms with E-state index in [1.807, 2.05) is 42.0 Å². The zero-order valence-electron chi connectivity index (χ0n) is 14.9. The van der Waals surface area contributed by atoms with Crippen molar-refractivity contribution in [2.45, 2.75) is 19.1 Å². The molecule has 0 amide bonds. The van der Waals surface area contributed by atoms with Crippen molar-refractivity contribution >= 4 is 10.9 Å². The molecule has 1 aromatic carbocycles. The Morgan fingerprint density at radius 2 is 2.19 bits per heavy atom. The van der Waals surface area contributed by atoms with Crippen LogP contribution in [0.15, 0.2) is 41.5 Å². The van der Waals surface area contributed by atoms with Crippen molar-refractivity contribution in [1.29, 1.82) is 0 Å². The van der Waals surface area contributed by atoms with E-state index in [1.165, 1.54) is 0 Å². The van der Waals surface area contributed by atoms with Crippen LogP contribution in [0.4, 0.5) is 0 Å². The molecule has 26 heavy (non-hydrogen) atoms. The molecule has 1 aliphatic rings. The minimum Gasteiger partial charge on any atom is -0.494 e. The highest BCUT2D eigenvalue weighted by molar-refractivity contribution is 5.83. The number of methoxy groups -OCH3 is 1. The average molecular weight is 354 g/mol. The topological polar surface area (TPSA) is 81.2 Å². The van der Waals surface area contributed by atoms with Crippen LogP contribution in [0.3, 0.4) is 0 Å². The predicted molar refractivity (Wildman–Crippen MR) is 99.7 cm³/mol. The summed E-state index contributed by atoms with van der Waals surface area (Å²) in [6, 6.07) is 7.62. The molecular weight excluding hydrogens is 332 g/mol. The van der Waals surface area contributed by atoms with Gasteiger partial charge in [0.05, 0.1) is 24.3 Å². The third-order valence-corrected chi connectivity index (χ3v) is 4.82. The number of aromatic nitrogens is 3. The second-order valence-corrected chi connectivity index (χ2v) is 6.35. The standard InChI is InChI=1S/C19H22N4O3/c1-3-26-13-4-5-15-12(8-13)9-14(19(24)22-15)18-21-6-7-23(18)16-10-20-11-17(16)25-2/h4-9,16-17,20H,3,10-11H2,1-2H3,(H,22,24)/t16-,17-/m0/s1. The van der Waals surface area contributed by atoms with Crippen LogP contribution in [-0.4, -0.2) is 47.4 Å². The number of fused-ring (bicyclic) bond motifs is 1. The SMILES string of the molecule is CCOc1ccc2[nH]c(=O)c(-c3nccn3[C@H]3CNC[C@@H]3OC)cc2c1. The number of benzene rings is 1. The Labute approximate surface area is 151 Å². The van der Waals surface area contributed by atoms with Crippen molar-refractivity contribution in [2.75, 3.05) is 26.8 Å². The van der Waals surface area contributed by atoms with E-state index >= 15 is 0 Å². The zero-order valence-corrected chi connectivity index (χ0v) is 14.9. The molecule has 4 rings (SSSR count). The summed E-state index contributed by atoms with van der Waals surface area (Å²) in [6.45, 7) is 4.10. The molecular formula is C19H22N4O3. The van der Waals surface area contributed by atoms with Crippen LogP contribution in [0.2, 0.25) is 0 Å². The lowest BCUT2D eigenvalue weighted by Crippen LogP contribution is -2.25. The molecule has 1 aliphatic heterocycles. The Kier molecular flexibility index (Phi) is 4.48. The summed E-state index contributed by atoms with van der Waals surface area (Å²) in [5, 5.41) is 4.24. The molecule has 2 aromatic heterocycles. The number of aromatic amines is 1. The highest BCUT2D eigenvalue weighted by Crippen LogP contribution is 2.27. The van der Waals surface area contributed by atoms with Crippen molar-refractivity contribution in [3.63, 3.8) is 0 Å². The van der Waals surface area contributed by atoms with Gasteiger partial charge in [-0.25, -0.2) is 4.98 Å². The highest BCUT2D eigenvalue weighted by Gasteiger charge is 2.30. The third-order valence-electron chi connectivity index (χ3n) is 4.82. The van der Waals surface area contributed by atoms with E-state index in [1.54, 1.807) is 13.3 Å². The number of imidazole rings is 1. The predicted octanol–water partition coefficient (Wildman–Crippen LogP) is 1.95. The smallest absolute Gasteiger partial charge is 0.259 e. The maximum atomic E-state index is 12.7. The molecule has 7 nitrogen and oxygen atoms in total. The Bertz CT molecular complexity index is 978. The number of ether oxygens (including phenoxy) is 2. The van der Waals surface area contributed by atoms with Gasteiger partial charge in [-0.1, -0.05) is 0 Å². The highest BCUT2D eigenvalue weighted by atomic mass is 16.5. The fourth-order valence-electron chi connectivity index (χ4n) is 3.56. The van der Waals surface area contributed by atoms with E-state index in [2.05, 4.69) is 15.3 Å². The summed E-state index contributed by atoms with van der Waals surface area (Å²) in [7, 11) is 1.71. The van der Waals surface area contributed by atoms with Crippen molar-refractivity contribution in [2.24, 2.45) is 0 Å². The molecule has 3 heterocycles. The number of rotatable bonds is 5. The van der Waals surface area contributed by atoms with Crippen LogP contribution in [0.25, 0.3) is 22.3 Å². The Morgan fingerprint density at radius 1 is 1.31 bits per heavy atom. The molecule has 1 fully saturated rings. The van der Waals surface area contributed by atoms with Crippen LogP contribution in [-0.2, 0) is 4.74 Å². The molecule has 1 saturated heterocycles. The fourth-order valence-corrected chi connectivity index (χ4v) is 3.56. The third kappa shape index (κ3) is 2.89. The summed E-state index contributed by atoms with van der Waals surface area (Å²) in [4.78, 5) is 20.1. The number of hydrogen-bond donors (Lipinski definition) is 2. The first-order valence-corrected chi connectivity index (χ1v) is 8.78. The molecule has 2 atom stereocenters. The lowest BCUT2D eigenvalue weighted by Gasteiger charge is -2.20. The molecule has 136 valence electrons. The van der Waals surface area contributed by atoms with Crippen molar-refractivity contribution < 1.29 is 9.47 Å². The van der Waals surface area contributed by atoms with E-state index < -0.39 is 0 Å². The summed E-state index contributed by atoms with van der Waals surface area (Å²) >= 11 is 0. The van der Waals surface area contributed by atoms with Crippen molar-refractivity contribution in [3.05, 3.63) is 47.0 Å². The van der Waals surface area contributed by atoms with Gasteiger partial charge in [0.2, 0.25) is 0 Å². The van der Waals surface area contributed by atoms with Gasteiger partial charge < -0.3 is 24.3 Å². The molecule has 0 spiro atoms. The molecule has 2 N–H and O–H groups in total. The van der Waals surface area contributed by atoms with E-state index in [9.17, 15) is 4.79 Å². The average Bonchev–Trinajstić information content (AvgIpc) is 3.30. The second kappa shape index (κ2) is 6.93. The van der Waals surface area contributed by atoms with Crippen LogP contribution in [0.1, 0.15) is 13.0 Å². The maximum Gasteiger partial charge on any atom is 0.259 e. The number of pyridine rings is 1. The van der Waals surface area contributed by atoms with Crippen LogP contribution >= 0.6 is 0 Å². The van der Waals surface area contributed by atoms with Gasteiger partial charge in [-0.3, -0.25) is 4.79 Å². The summed E-state index contributed by atoms with van der Waals surface area (Å²) < 4.78 is 13.2. The van der Waals surface area contributed by atoms with Gasteiger partial charge in [-0.05, 0) is 31.2 Å². The number of nitrogens with one attached hydrogen (secondary N) is 2. The lowest BCUT2D eigenvalue weighted by atomic mass is 10.1. The zero-order chi connectivity index (χ0) is 18.1. The number of nitrogens with zero attached hydrogens (tertiary/aromatic N) is 2. The monoisotopic (exact) mass is 354 g/mol. The number of hydrogen-bond acceptors (Lipinski definition) is 5. The lowest BCUT2D eigenvalue weighted by molar-refractivity contribution is 0.0871. The minimum absolute atomic E-state index is 0.0482. The van der Waals surface area contributed by atoms with Gasteiger partial charge in [0.15, 0.2) is 0 Å². The molecule has 0 saturated carbocycles. The van der Waals surface area contributed by atoms with Crippen LogP contribution < -0.4 is 15.6 Å². The first-order chi connectivity index (χ1) is 12.7. The van der Waals surface area contributed by atoms with Crippen LogP contribution in [0, 0.1) is 0 Å². The van der Waals surface area contributed by atoms with Gasteiger partial charge in [-0.15, -0.1) is 0 Å².